The quantitative estimate of drug-likeness (QED) is 0.842. The Morgan fingerprint density at radius 2 is 1.86 bits per heavy atom. The van der Waals surface area contributed by atoms with Crippen molar-refractivity contribution in [1.29, 1.82) is 0 Å². The highest BCUT2D eigenvalue weighted by atomic mass is 16.1. The number of benzene rings is 1. The molecule has 0 bridgehead atoms. The van der Waals surface area contributed by atoms with Crippen LogP contribution in [0.25, 0.3) is 10.9 Å². The Hall–Kier alpha value is -1.90. The highest BCUT2D eigenvalue weighted by Gasteiger charge is 2.14. The lowest BCUT2D eigenvalue weighted by molar-refractivity contribution is -0.669. The molecule has 0 saturated heterocycles. The summed E-state index contributed by atoms with van der Waals surface area (Å²) in [6.45, 7) is 9.71. The fourth-order valence-electron chi connectivity index (χ4n) is 2.51. The van der Waals surface area contributed by atoms with E-state index in [0.29, 0.717) is 12.5 Å². The van der Waals surface area contributed by atoms with Gasteiger partial charge in [-0.3, -0.25) is 4.79 Å². The first-order valence-electron chi connectivity index (χ1n) is 7.69. The number of carbonyl (C=O) groups excluding carboxylic acids is 1. The number of rotatable bonds is 5. The van der Waals surface area contributed by atoms with E-state index >= 15 is 0 Å². The number of nitrogens with one attached hydrogen (secondary N) is 1. The smallest absolute Gasteiger partial charge is 0.222 e. The van der Waals surface area contributed by atoms with Crippen LogP contribution in [0, 0.1) is 5.92 Å². The minimum absolute atomic E-state index is 0.0371. The number of hydrogen-bond donors (Lipinski definition) is 1. The van der Waals surface area contributed by atoms with Gasteiger partial charge in [-0.2, -0.15) is 4.57 Å². The lowest BCUT2D eigenvalue weighted by Gasteiger charge is -2.10. The summed E-state index contributed by atoms with van der Waals surface area (Å²) in [5, 5.41) is 4.27. The fraction of sp³-hybridized carbons (Fsp3) is 0.444. The molecule has 0 radical (unpaired) electrons. The zero-order valence-electron chi connectivity index (χ0n) is 13.4. The van der Waals surface area contributed by atoms with Gasteiger partial charge in [-0.1, -0.05) is 39.8 Å². The maximum Gasteiger partial charge on any atom is 0.222 e. The van der Waals surface area contributed by atoms with Gasteiger partial charge < -0.3 is 5.32 Å². The molecular formula is C18H25N2O+. The number of carbonyl (C=O) groups is 1. The lowest BCUT2D eigenvalue weighted by Crippen LogP contribution is -2.42. The van der Waals surface area contributed by atoms with E-state index in [9.17, 15) is 4.79 Å². The fourth-order valence-corrected chi connectivity index (χ4v) is 2.51. The van der Waals surface area contributed by atoms with Crippen molar-refractivity contribution in [2.45, 2.75) is 40.2 Å². The first-order chi connectivity index (χ1) is 10.0. The normalized spacial score (nSPS) is 11.3. The highest BCUT2D eigenvalue weighted by Crippen LogP contribution is 2.22. The molecule has 112 valence electrons. The topological polar surface area (TPSA) is 33.0 Å². The average molecular weight is 285 g/mol. The van der Waals surface area contributed by atoms with Gasteiger partial charge in [0.1, 0.15) is 0 Å². The first kappa shape index (κ1) is 15.5. The maximum absolute atomic E-state index is 11.6. The van der Waals surface area contributed by atoms with Crippen LogP contribution >= 0.6 is 0 Å². The number of pyridine rings is 1. The van der Waals surface area contributed by atoms with Crippen LogP contribution in [0.1, 0.15) is 39.2 Å². The van der Waals surface area contributed by atoms with Crippen molar-refractivity contribution in [3.8, 4) is 0 Å². The van der Waals surface area contributed by atoms with E-state index in [0.717, 1.165) is 6.54 Å². The Kier molecular flexibility index (Phi) is 4.94. The van der Waals surface area contributed by atoms with Crippen molar-refractivity contribution in [2.75, 3.05) is 6.54 Å². The predicted molar refractivity (Wildman–Crippen MR) is 86.1 cm³/mol. The van der Waals surface area contributed by atoms with Crippen molar-refractivity contribution in [3.05, 3.63) is 42.1 Å². The molecule has 3 nitrogen and oxygen atoms in total. The second-order valence-electron chi connectivity index (χ2n) is 6.08. The molecule has 0 unspecified atom stereocenters. The van der Waals surface area contributed by atoms with Gasteiger partial charge in [0.05, 0.1) is 6.54 Å². The summed E-state index contributed by atoms with van der Waals surface area (Å²) in [6.07, 6.45) is 2.12. The molecule has 21 heavy (non-hydrogen) atoms. The molecule has 0 saturated carbocycles. The summed E-state index contributed by atoms with van der Waals surface area (Å²) in [6, 6.07) is 10.7. The number of hydrogen-bond acceptors (Lipinski definition) is 1. The van der Waals surface area contributed by atoms with Crippen LogP contribution in [0.5, 0.6) is 0 Å². The molecule has 1 amide bonds. The summed E-state index contributed by atoms with van der Waals surface area (Å²) in [5.74, 6) is 0.652. The Balaban J connectivity index is 2.21. The molecule has 3 heteroatoms. The Bertz CT molecular complexity index is 632. The summed E-state index contributed by atoms with van der Waals surface area (Å²) in [7, 11) is 0. The standard InChI is InChI=1S/C18H24N2O/c1-13(2)15-9-11-20(12-10-19-18(21)14(3)4)17-8-6-5-7-16(15)17/h5-9,11,13-14H,10,12H2,1-4H3/p+1. The van der Waals surface area contributed by atoms with Gasteiger partial charge in [-0.25, -0.2) is 0 Å². The van der Waals surface area contributed by atoms with Gasteiger partial charge in [0.15, 0.2) is 12.7 Å². The third-order valence-electron chi connectivity index (χ3n) is 3.76. The second kappa shape index (κ2) is 6.70. The molecular weight excluding hydrogens is 260 g/mol. The summed E-state index contributed by atoms with van der Waals surface area (Å²) < 4.78 is 2.21. The van der Waals surface area contributed by atoms with Crippen molar-refractivity contribution in [3.63, 3.8) is 0 Å². The monoisotopic (exact) mass is 285 g/mol. The van der Waals surface area contributed by atoms with Crippen molar-refractivity contribution < 1.29 is 9.36 Å². The minimum atomic E-state index is 0.0371. The number of aromatic nitrogens is 1. The van der Waals surface area contributed by atoms with Crippen LogP contribution in [-0.4, -0.2) is 12.5 Å². The molecule has 0 spiro atoms. The third kappa shape index (κ3) is 3.60. The average Bonchev–Trinajstić information content (AvgIpc) is 2.46. The zero-order chi connectivity index (χ0) is 15.4. The molecule has 0 aliphatic carbocycles. The van der Waals surface area contributed by atoms with E-state index in [1.165, 1.54) is 16.5 Å². The Morgan fingerprint density at radius 3 is 2.52 bits per heavy atom. The zero-order valence-corrected chi connectivity index (χ0v) is 13.4. The number of fused-ring (bicyclic) bond motifs is 1. The minimum Gasteiger partial charge on any atom is -0.350 e. The first-order valence-corrected chi connectivity index (χ1v) is 7.69. The van der Waals surface area contributed by atoms with Crippen molar-refractivity contribution >= 4 is 16.8 Å². The highest BCUT2D eigenvalue weighted by molar-refractivity contribution is 5.80. The summed E-state index contributed by atoms with van der Waals surface area (Å²) in [5.41, 5.74) is 2.59. The summed E-state index contributed by atoms with van der Waals surface area (Å²) >= 11 is 0. The van der Waals surface area contributed by atoms with Crippen LogP contribution < -0.4 is 9.88 Å². The van der Waals surface area contributed by atoms with Crippen LogP contribution in [0.3, 0.4) is 0 Å². The molecule has 0 aliphatic rings. The predicted octanol–water partition coefficient (Wildman–Crippen LogP) is 3.02. The van der Waals surface area contributed by atoms with Crippen molar-refractivity contribution in [2.24, 2.45) is 5.92 Å². The van der Waals surface area contributed by atoms with E-state index in [2.05, 4.69) is 60.3 Å². The molecule has 1 heterocycles. The van der Waals surface area contributed by atoms with Crippen LogP contribution in [-0.2, 0) is 11.3 Å². The van der Waals surface area contributed by atoms with E-state index in [1.807, 2.05) is 13.8 Å². The largest absolute Gasteiger partial charge is 0.350 e. The van der Waals surface area contributed by atoms with Crippen LogP contribution in [0.2, 0.25) is 0 Å². The van der Waals surface area contributed by atoms with Crippen molar-refractivity contribution in [1.82, 2.24) is 5.32 Å². The molecule has 1 aromatic heterocycles. The lowest BCUT2D eigenvalue weighted by atomic mass is 9.99. The molecule has 0 atom stereocenters. The molecule has 0 fully saturated rings. The van der Waals surface area contributed by atoms with Gasteiger partial charge in [0.25, 0.3) is 0 Å². The van der Waals surface area contributed by atoms with E-state index in [-0.39, 0.29) is 11.8 Å². The number of para-hydroxylation sites is 1. The van der Waals surface area contributed by atoms with E-state index in [1.54, 1.807) is 0 Å². The molecule has 2 aromatic rings. The SMILES string of the molecule is CC(C)C(=O)NCC[n+]1ccc(C(C)C)c2ccccc21. The Morgan fingerprint density at radius 1 is 1.14 bits per heavy atom. The van der Waals surface area contributed by atoms with E-state index in [4.69, 9.17) is 0 Å². The van der Waals surface area contributed by atoms with Gasteiger partial charge in [0.2, 0.25) is 11.4 Å². The number of amides is 1. The van der Waals surface area contributed by atoms with Crippen LogP contribution in [0.15, 0.2) is 36.5 Å². The Labute approximate surface area is 127 Å². The van der Waals surface area contributed by atoms with E-state index < -0.39 is 0 Å². The molecule has 1 aromatic carbocycles. The van der Waals surface area contributed by atoms with Gasteiger partial charge >= 0.3 is 0 Å². The third-order valence-corrected chi connectivity index (χ3v) is 3.76. The second-order valence-corrected chi connectivity index (χ2v) is 6.08. The van der Waals surface area contributed by atoms with Crippen LogP contribution in [0.4, 0.5) is 0 Å². The molecule has 0 aliphatic heterocycles. The van der Waals surface area contributed by atoms with Gasteiger partial charge in [0, 0.05) is 23.4 Å². The van der Waals surface area contributed by atoms with Gasteiger partial charge in [-0.05, 0) is 17.5 Å². The summed E-state index contributed by atoms with van der Waals surface area (Å²) in [4.78, 5) is 11.6. The maximum atomic E-state index is 11.6. The molecule has 1 N–H and O–H groups in total. The van der Waals surface area contributed by atoms with Gasteiger partial charge in [-0.15, -0.1) is 0 Å². The number of nitrogens with zero attached hydrogens (tertiary/aromatic N) is 1. The molecule has 2 rings (SSSR count).